The average Bonchev–Trinajstić information content (AvgIpc) is 2.09. The molecule has 0 aromatic heterocycles. The Morgan fingerprint density at radius 1 is 1.27 bits per heavy atom. The average molecular weight is 154 g/mol. The van der Waals surface area contributed by atoms with Gasteiger partial charge in [0, 0.05) is 0 Å². The number of para-hydroxylation sites is 1. The minimum atomic E-state index is 0.0347. The Morgan fingerprint density at radius 2 is 1.82 bits per heavy atom. The monoisotopic (exact) mass is 154 g/mol. The maximum absolute atomic E-state index is 10.1. The van der Waals surface area contributed by atoms with Crippen LogP contribution in [-0.4, -0.2) is 11.4 Å². The van der Waals surface area contributed by atoms with E-state index in [0.717, 1.165) is 0 Å². The highest BCUT2D eigenvalue weighted by atomic mass is 16.3. The third kappa shape index (κ3) is 2.79. The minimum Gasteiger partial charge on any atom is -0.507 e. The van der Waals surface area contributed by atoms with Crippen LogP contribution >= 0.6 is 0 Å². The van der Waals surface area contributed by atoms with Crippen molar-refractivity contribution in [3.8, 4) is 5.75 Å². The molecular formula is C7H10N2O2. The lowest BCUT2D eigenvalue weighted by Gasteiger charge is -1.91. The first-order chi connectivity index (χ1) is 5.34. The lowest BCUT2D eigenvalue weighted by atomic mass is 10.2. The molecule has 0 saturated carbocycles. The van der Waals surface area contributed by atoms with Crippen molar-refractivity contribution in [3.63, 3.8) is 0 Å². The summed E-state index contributed by atoms with van der Waals surface area (Å²) in [4.78, 5) is 10.1. The van der Waals surface area contributed by atoms with Gasteiger partial charge >= 0.3 is 0 Å². The fourth-order valence-corrected chi connectivity index (χ4v) is 0.587. The zero-order chi connectivity index (χ0) is 8.69. The highest BCUT2D eigenvalue weighted by Crippen LogP contribution is 2.11. The Balaban J connectivity index is 0.000000461. The van der Waals surface area contributed by atoms with Gasteiger partial charge in [0.25, 0.3) is 0 Å². The SMILES string of the molecule is NN.O=Cc1ccccc1O. The molecule has 0 unspecified atom stereocenters. The van der Waals surface area contributed by atoms with Crippen LogP contribution in [-0.2, 0) is 0 Å². The molecule has 0 fully saturated rings. The summed E-state index contributed by atoms with van der Waals surface area (Å²) in [5.41, 5.74) is 0.331. The van der Waals surface area contributed by atoms with Crippen molar-refractivity contribution in [3.05, 3.63) is 29.8 Å². The van der Waals surface area contributed by atoms with E-state index < -0.39 is 0 Å². The molecule has 0 bridgehead atoms. The van der Waals surface area contributed by atoms with Crippen LogP contribution in [0, 0.1) is 0 Å². The number of hydrazine groups is 1. The number of aldehydes is 1. The summed E-state index contributed by atoms with van der Waals surface area (Å²) >= 11 is 0. The molecule has 4 heteroatoms. The fraction of sp³-hybridized carbons (Fsp3) is 0. The van der Waals surface area contributed by atoms with Gasteiger partial charge in [-0.05, 0) is 12.1 Å². The van der Waals surface area contributed by atoms with Gasteiger partial charge in [-0.25, -0.2) is 0 Å². The maximum atomic E-state index is 10.1. The van der Waals surface area contributed by atoms with Gasteiger partial charge in [0.2, 0.25) is 0 Å². The van der Waals surface area contributed by atoms with E-state index in [4.69, 9.17) is 5.11 Å². The lowest BCUT2D eigenvalue weighted by Crippen LogP contribution is -2.02. The molecule has 0 radical (unpaired) electrons. The molecule has 1 aromatic rings. The molecule has 0 aliphatic heterocycles. The summed E-state index contributed by atoms with van der Waals surface area (Å²) in [6.45, 7) is 0. The van der Waals surface area contributed by atoms with Crippen LogP contribution in [0.4, 0.5) is 0 Å². The van der Waals surface area contributed by atoms with Crippen LogP contribution in [0.25, 0.3) is 0 Å². The van der Waals surface area contributed by atoms with E-state index in [9.17, 15) is 4.79 Å². The van der Waals surface area contributed by atoms with Gasteiger partial charge in [0.05, 0.1) is 5.56 Å². The normalized spacial score (nSPS) is 7.82. The number of phenols is 1. The quantitative estimate of drug-likeness (QED) is 0.302. The highest BCUT2D eigenvalue weighted by Gasteiger charge is 1.93. The molecule has 5 N–H and O–H groups in total. The van der Waals surface area contributed by atoms with Crippen LogP contribution in [0.15, 0.2) is 24.3 Å². The first-order valence-corrected chi connectivity index (χ1v) is 2.91. The number of carbonyl (C=O) groups is 1. The second-order valence-corrected chi connectivity index (χ2v) is 1.68. The predicted octanol–water partition coefficient (Wildman–Crippen LogP) is 0.0235. The standard InChI is InChI=1S/C7H6O2.H4N2/c8-5-6-3-1-2-4-7(6)9;1-2/h1-5,9H;1-2H2. The molecule has 0 heterocycles. The van der Waals surface area contributed by atoms with Gasteiger partial charge in [-0.2, -0.15) is 0 Å². The molecule has 4 nitrogen and oxygen atoms in total. The molecule has 1 rings (SSSR count). The number of hydrogen-bond donors (Lipinski definition) is 3. The van der Waals surface area contributed by atoms with Crippen LogP contribution in [0.1, 0.15) is 10.4 Å². The number of nitrogens with two attached hydrogens (primary N) is 2. The van der Waals surface area contributed by atoms with E-state index in [1.165, 1.54) is 6.07 Å². The van der Waals surface area contributed by atoms with Crippen molar-refractivity contribution in [1.29, 1.82) is 0 Å². The summed E-state index contributed by atoms with van der Waals surface area (Å²) in [5, 5.41) is 8.88. The second kappa shape index (κ2) is 5.40. The number of rotatable bonds is 1. The summed E-state index contributed by atoms with van der Waals surface area (Å²) < 4.78 is 0. The summed E-state index contributed by atoms with van der Waals surface area (Å²) in [7, 11) is 0. The molecule has 0 aliphatic rings. The Hall–Kier alpha value is -1.39. The largest absolute Gasteiger partial charge is 0.507 e. The van der Waals surface area contributed by atoms with Crippen molar-refractivity contribution in [1.82, 2.24) is 0 Å². The van der Waals surface area contributed by atoms with Gasteiger partial charge < -0.3 is 5.11 Å². The molecule has 11 heavy (non-hydrogen) atoms. The number of carbonyl (C=O) groups excluding carboxylic acids is 1. The van der Waals surface area contributed by atoms with Crippen LogP contribution < -0.4 is 11.7 Å². The number of phenolic OH excluding ortho intramolecular Hbond substituents is 1. The number of hydrogen-bond acceptors (Lipinski definition) is 4. The molecule has 60 valence electrons. The van der Waals surface area contributed by atoms with Gasteiger partial charge in [0.15, 0.2) is 6.29 Å². The van der Waals surface area contributed by atoms with Crippen LogP contribution in [0.5, 0.6) is 5.75 Å². The van der Waals surface area contributed by atoms with Crippen LogP contribution in [0.2, 0.25) is 0 Å². The Kier molecular flexibility index (Phi) is 4.72. The third-order valence-corrected chi connectivity index (χ3v) is 1.06. The third-order valence-electron chi connectivity index (χ3n) is 1.06. The van der Waals surface area contributed by atoms with E-state index in [1.54, 1.807) is 18.2 Å². The van der Waals surface area contributed by atoms with Crippen molar-refractivity contribution >= 4 is 6.29 Å². The maximum Gasteiger partial charge on any atom is 0.153 e. The van der Waals surface area contributed by atoms with Crippen LogP contribution in [0.3, 0.4) is 0 Å². The Labute approximate surface area is 64.4 Å². The van der Waals surface area contributed by atoms with Crippen molar-refractivity contribution in [2.75, 3.05) is 0 Å². The van der Waals surface area contributed by atoms with Crippen molar-refractivity contribution in [2.45, 2.75) is 0 Å². The van der Waals surface area contributed by atoms with E-state index in [2.05, 4.69) is 11.7 Å². The minimum absolute atomic E-state index is 0.0347. The van der Waals surface area contributed by atoms with Gasteiger partial charge in [-0.3, -0.25) is 16.5 Å². The summed E-state index contributed by atoms with van der Waals surface area (Å²) in [6.07, 6.45) is 0.620. The molecule has 0 aliphatic carbocycles. The predicted molar refractivity (Wildman–Crippen MR) is 41.9 cm³/mol. The van der Waals surface area contributed by atoms with E-state index in [-0.39, 0.29) is 5.75 Å². The lowest BCUT2D eigenvalue weighted by molar-refractivity contribution is 0.112. The van der Waals surface area contributed by atoms with Crippen molar-refractivity contribution in [2.24, 2.45) is 11.7 Å². The molecule has 0 amide bonds. The van der Waals surface area contributed by atoms with Gasteiger partial charge in [-0.1, -0.05) is 12.1 Å². The van der Waals surface area contributed by atoms with E-state index >= 15 is 0 Å². The van der Waals surface area contributed by atoms with Gasteiger partial charge in [-0.15, -0.1) is 0 Å². The molecule has 0 spiro atoms. The smallest absolute Gasteiger partial charge is 0.153 e. The van der Waals surface area contributed by atoms with E-state index in [0.29, 0.717) is 11.8 Å². The zero-order valence-corrected chi connectivity index (χ0v) is 5.90. The molecule has 0 saturated heterocycles. The topological polar surface area (TPSA) is 89.3 Å². The molecule has 0 atom stereocenters. The number of benzene rings is 1. The summed E-state index contributed by atoms with van der Waals surface area (Å²) in [5.74, 6) is 8.03. The summed E-state index contributed by atoms with van der Waals surface area (Å²) in [6, 6.07) is 6.40. The first kappa shape index (κ1) is 9.61. The zero-order valence-electron chi connectivity index (χ0n) is 5.90. The van der Waals surface area contributed by atoms with Crippen molar-refractivity contribution < 1.29 is 9.90 Å². The Morgan fingerprint density at radius 3 is 2.18 bits per heavy atom. The Bertz CT molecular complexity index is 225. The first-order valence-electron chi connectivity index (χ1n) is 2.91. The molecule has 1 aromatic carbocycles. The van der Waals surface area contributed by atoms with Gasteiger partial charge in [0.1, 0.15) is 5.75 Å². The highest BCUT2D eigenvalue weighted by molar-refractivity contribution is 5.78. The second-order valence-electron chi connectivity index (χ2n) is 1.68. The molecular weight excluding hydrogens is 144 g/mol. The number of aromatic hydroxyl groups is 1. The van der Waals surface area contributed by atoms with E-state index in [1.807, 2.05) is 0 Å². The fourth-order valence-electron chi connectivity index (χ4n) is 0.587.